The molecular formula is C20H28N2O3. The summed E-state index contributed by atoms with van der Waals surface area (Å²) < 4.78 is 11.0. The fourth-order valence-electron chi connectivity index (χ4n) is 4.23. The summed E-state index contributed by atoms with van der Waals surface area (Å²) in [7, 11) is 0. The minimum absolute atomic E-state index is 0.111. The number of carbonyl (C=O) groups is 1. The van der Waals surface area contributed by atoms with Gasteiger partial charge in [-0.2, -0.15) is 0 Å². The fraction of sp³-hybridized carbons (Fsp3) is 0.650. The van der Waals surface area contributed by atoms with Gasteiger partial charge in [0.05, 0.1) is 6.61 Å². The highest BCUT2D eigenvalue weighted by atomic mass is 16.5. The van der Waals surface area contributed by atoms with E-state index >= 15 is 0 Å². The van der Waals surface area contributed by atoms with Crippen LogP contribution in [-0.4, -0.2) is 49.9 Å². The van der Waals surface area contributed by atoms with E-state index < -0.39 is 0 Å². The van der Waals surface area contributed by atoms with E-state index in [0.717, 1.165) is 51.3 Å². The molecule has 1 aliphatic carbocycles. The monoisotopic (exact) mass is 344 g/mol. The van der Waals surface area contributed by atoms with Gasteiger partial charge in [0, 0.05) is 38.3 Å². The zero-order valence-corrected chi connectivity index (χ0v) is 14.9. The Hall–Kier alpha value is -1.75. The van der Waals surface area contributed by atoms with E-state index in [1.54, 1.807) is 0 Å². The maximum absolute atomic E-state index is 12.5. The molecule has 2 amide bonds. The molecule has 0 unspecified atom stereocenters. The normalized spacial score (nSPS) is 31.2. The maximum atomic E-state index is 12.5. The molecule has 136 valence electrons. The van der Waals surface area contributed by atoms with E-state index in [4.69, 9.17) is 9.47 Å². The summed E-state index contributed by atoms with van der Waals surface area (Å²) >= 11 is 0. The molecule has 3 aliphatic rings. The number of hydrogen-bond acceptors (Lipinski definition) is 3. The molecule has 4 atom stereocenters. The minimum atomic E-state index is 0.111. The molecule has 1 aromatic rings. The maximum Gasteiger partial charge on any atom is 0.317 e. The standard InChI is InChI=1S/C20H28N2O3/c1-2-25-17-5-3-14(4-6-17)18-11-19(18)21-20(23)22-9-7-15(12-22)16-8-10-24-13-16/h3-6,15-16,18-19H,2,7-13H2,1H3,(H,21,23)/t15-,16+,18+,19-/m1/s1. The van der Waals surface area contributed by atoms with Crippen LogP contribution in [0.4, 0.5) is 4.79 Å². The fourth-order valence-corrected chi connectivity index (χ4v) is 4.23. The van der Waals surface area contributed by atoms with Crippen molar-refractivity contribution >= 4 is 6.03 Å². The van der Waals surface area contributed by atoms with Crippen molar-refractivity contribution in [3.8, 4) is 5.75 Å². The van der Waals surface area contributed by atoms with Gasteiger partial charge in [0.25, 0.3) is 0 Å². The second-order valence-electron chi connectivity index (χ2n) is 7.52. The van der Waals surface area contributed by atoms with E-state index in [2.05, 4.69) is 17.4 Å². The molecule has 1 saturated carbocycles. The first-order valence-electron chi connectivity index (χ1n) is 9.60. The number of hydrogen-bond donors (Lipinski definition) is 1. The molecule has 0 spiro atoms. The van der Waals surface area contributed by atoms with Gasteiger partial charge in [0.1, 0.15) is 5.75 Å². The van der Waals surface area contributed by atoms with Crippen LogP contribution < -0.4 is 10.1 Å². The minimum Gasteiger partial charge on any atom is -0.494 e. The number of benzene rings is 1. The van der Waals surface area contributed by atoms with E-state index in [1.807, 2.05) is 24.0 Å². The Labute approximate surface area is 149 Å². The van der Waals surface area contributed by atoms with Crippen molar-refractivity contribution in [2.45, 2.75) is 38.1 Å². The number of nitrogens with one attached hydrogen (secondary N) is 1. The number of amides is 2. The quantitative estimate of drug-likeness (QED) is 0.893. The van der Waals surface area contributed by atoms with E-state index in [0.29, 0.717) is 24.4 Å². The highest BCUT2D eigenvalue weighted by molar-refractivity contribution is 5.75. The van der Waals surface area contributed by atoms with Crippen LogP contribution in [0, 0.1) is 11.8 Å². The van der Waals surface area contributed by atoms with Gasteiger partial charge in [-0.25, -0.2) is 4.79 Å². The van der Waals surface area contributed by atoms with Crippen molar-refractivity contribution in [3.05, 3.63) is 29.8 Å². The van der Waals surface area contributed by atoms with Crippen molar-refractivity contribution in [1.29, 1.82) is 0 Å². The van der Waals surface area contributed by atoms with Crippen LogP contribution in [0.2, 0.25) is 0 Å². The van der Waals surface area contributed by atoms with Crippen molar-refractivity contribution < 1.29 is 14.3 Å². The van der Waals surface area contributed by atoms with Gasteiger partial charge in [0.2, 0.25) is 0 Å². The first kappa shape index (κ1) is 16.7. The van der Waals surface area contributed by atoms with Crippen molar-refractivity contribution in [2.24, 2.45) is 11.8 Å². The summed E-state index contributed by atoms with van der Waals surface area (Å²) in [5, 5.41) is 3.22. The van der Waals surface area contributed by atoms with Crippen LogP contribution in [-0.2, 0) is 4.74 Å². The third-order valence-electron chi connectivity index (χ3n) is 5.86. The average Bonchev–Trinajstić information content (AvgIpc) is 3.06. The first-order chi connectivity index (χ1) is 12.2. The summed E-state index contributed by atoms with van der Waals surface area (Å²) in [6.07, 6.45) is 3.31. The van der Waals surface area contributed by atoms with Crippen LogP contribution in [0.25, 0.3) is 0 Å². The summed E-state index contributed by atoms with van der Waals surface area (Å²) in [6, 6.07) is 8.66. The number of nitrogens with zero attached hydrogens (tertiary/aromatic N) is 1. The average molecular weight is 344 g/mol. The SMILES string of the molecule is CCOc1ccc([C@@H]2C[C@H]2NC(=O)N2CC[C@@H]([C@H]3CCOC3)C2)cc1. The Kier molecular flexibility index (Phi) is 4.84. The Bertz CT molecular complexity index is 597. The lowest BCUT2D eigenvalue weighted by atomic mass is 9.91. The smallest absolute Gasteiger partial charge is 0.317 e. The van der Waals surface area contributed by atoms with Crippen LogP contribution in [0.3, 0.4) is 0 Å². The van der Waals surface area contributed by atoms with Gasteiger partial charge in [-0.1, -0.05) is 12.1 Å². The van der Waals surface area contributed by atoms with Crippen molar-refractivity contribution in [3.63, 3.8) is 0 Å². The molecular weight excluding hydrogens is 316 g/mol. The molecule has 3 fully saturated rings. The molecule has 0 bridgehead atoms. The molecule has 5 heteroatoms. The molecule has 4 rings (SSSR count). The molecule has 2 saturated heterocycles. The summed E-state index contributed by atoms with van der Waals surface area (Å²) in [6.45, 7) is 6.21. The number of ether oxygens (including phenoxy) is 2. The predicted octanol–water partition coefficient (Wildman–Crippen LogP) is 3.01. The predicted molar refractivity (Wildman–Crippen MR) is 95.9 cm³/mol. The molecule has 1 aromatic carbocycles. The van der Waals surface area contributed by atoms with Gasteiger partial charge >= 0.3 is 6.03 Å². The first-order valence-corrected chi connectivity index (χ1v) is 9.60. The zero-order chi connectivity index (χ0) is 17.2. The Balaban J connectivity index is 1.25. The number of urea groups is 1. The zero-order valence-electron chi connectivity index (χ0n) is 14.9. The van der Waals surface area contributed by atoms with Crippen molar-refractivity contribution in [2.75, 3.05) is 32.9 Å². The van der Waals surface area contributed by atoms with Gasteiger partial charge in [0.15, 0.2) is 0 Å². The Morgan fingerprint density at radius 2 is 2.12 bits per heavy atom. The van der Waals surface area contributed by atoms with E-state index in [1.165, 1.54) is 5.56 Å². The van der Waals surface area contributed by atoms with E-state index in [-0.39, 0.29) is 12.1 Å². The molecule has 1 N–H and O–H groups in total. The molecule has 0 aromatic heterocycles. The number of rotatable bonds is 5. The third kappa shape index (κ3) is 3.76. The molecule has 25 heavy (non-hydrogen) atoms. The summed E-state index contributed by atoms with van der Waals surface area (Å²) in [5.41, 5.74) is 1.29. The van der Waals surface area contributed by atoms with E-state index in [9.17, 15) is 4.79 Å². The second kappa shape index (κ2) is 7.24. The molecule has 5 nitrogen and oxygen atoms in total. The van der Waals surface area contributed by atoms with Crippen molar-refractivity contribution in [1.82, 2.24) is 10.2 Å². The van der Waals surface area contributed by atoms with Crippen LogP contribution >= 0.6 is 0 Å². The lowest BCUT2D eigenvalue weighted by molar-refractivity contribution is 0.170. The summed E-state index contributed by atoms with van der Waals surface area (Å²) in [5.74, 6) is 2.62. The van der Waals surface area contributed by atoms with Gasteiger partial charge in [-0.15, -0.1) is 0 Å². The van der Waals surface area contributed by atoms with Crippen LogP contribution in [0.1, 0.15) is 37.7 Å². The second-order valence-corrected chi connectivity index (χ2v) is 7.52. The van der Waals surface area contributed by atoms with Gasteiger partial charge < -0.3 is 19.7 Å². The van der Waals surface area contributed by atoms with Gasteiger partial charge in [-0.05, 0) is 55.7 Å². The lowest BCUT2D eigenvalue weighted by Gasteiger charge is -2.19. The topological polar surface area (TPSA) is 50.8 Å². The lowest BCUT2D eigenvalue weighted by Crippen LogP contribution is -2.40. The Morgan fingerprint density at radius 1 is 1.28 bits per heavy atom. The summed E-state index contributed by atoms with van der Waals surface area (Å²) in [4.78, 5) is 14.5. The third-order valence-corrected chi connectivity index (χ3v) is 5.86. The van der Waals surface area contributed by atoms with Gasteiger partial charge in [-0.3, -0.25) is 0 Å². The van der Waals surface area contributed by atoms with Crippen LogP contribution in [0.15, 0.2) is 24.3 Å². The highest BCUT2D eigenvalue weighted by Crippen LogP contribution is 2.41. The largest absolute Gasteiger partial charge is 0.494 e. The molecule has 2 heterocycles. The molecule has 2 aliphatic heterocycles. The Morgan fingerprint density at radius 3 is 2.84 bits per heavy atom. The highest BCUT2D eigenvalue weighted by Gasteiger charge is 2.41. The number of carbonyl (C=O) groups excluding carboxylic acids is 1. The molecule has 0 radical (unpaired) electrons. The van der Waals surface area contributed by atoms with Crippen LogP contribution in [0.5, 0.6) is 5.75 Å². The number of likely N-dealkylation sites (tertiary alicyclic amines) is 1.